The minimum absolute atomic E-state index is 0.0563. The average Bonchev–Trinajstić information content (AvgIpc) is 2.82. The van der Waals surface area contributed by atoms with Gasteiger partial charge in [0.15, 0.2) is 11.9 Å². The SMILES string of the molecule is NC(N)=NCCC[C@@H](N)C(=O)N[C@H](CCCc1cnccn1)C(=O)N[C@H](CCCN=C(N)N)C(=O)O. The number of aliphatic imine (C=N–C) groups is 2. The molecule has 0 radical (unpaired) electrons. The molecule has 200 valence electrons. The smallest absolute Gasteiger partial charge is 0.326 e. The molecule has 1 rings (SSSR count). The molecule has 0 aromatic carbocycles. The number of nitrogens with two attached hydrogens (primary N) is 5. The topological polar surface area (TPSA) is 276 Å². The second kappa shape index (κ2) is 16.6. The molecule has 0 aliphatic heterocycles. The molecule has 0 saturated heterocycles. The molecule has 0 fully saturated rings. The van der Waals surface area contributed by atoms with Gasteiger partial charge in [-0.3, -0.25) is 29.5 Å². The summed E-state index contributed by atoms with van der Waals surface area (Å²) >= 11 is 0. The van der Waals surface area contributed by atoms with Crippen molar-refractivity contribution in [1.82, 2.24) is 20.6 Å². The monoisotopic (exact) mass is 507 g/mol. The van der Waals surface area contributed by atoms with Crippen LogP contribution in [-0.2, 0) is 20.8 Å². The fraction of sp³-hybridized carbons (Fsp3) is 0.571. The van der Waals surface area contributed by atoms with Gasteiger partial charge in [0.2, 0.25) is 11.8 Å². The lowest BCUT2D eigenvalue weighted by molar-refractivity contribution is -0.142. The number of guanidine groups is 2. The number of carbonyl (C=O) groups excluding carboxylic acids is 2. The summed E-state index contributed by atoms with van der Waals surface area (Å²) < 4.78 is 0. The largest absolute Gasteiger partial charge is 0.480 e. The molecular formula is C21H37N11O4. The van der Waals surface area contributed by atoms with E-state index in [2.05, 4.69) is 30.6 Å². The molecule has 0 unspecified atom stereocenters. The molecular weight excluding hydrogens is 470 g/mol. The molecule has 1 aromatic rings. The summed E-state index contributed by atoms with van der Waals surface area (Å²) in [7, 11) is 0. The highest BCUT2D eigenvalue weighted by Crippen LogP contribution is 2.07. The van der Waals surface area contributed by atoms with Crippen molar-refractivity contribution in [2.45, 2.75) is 63.1 Å². The first kappa shape index (κ1) is 30.0. The van der Waals surface area contributed by atoms with Crippen LogP contribution in [0.3, 0.4) is 0 Å². The van der Waals surface area contributed by atoms with Gasteiger partial charge in [0, 0.05) is 31.7 Å². The number of aryl methyl sites for hydroxylation is 1. The van der Waals surface area contributed by atoms with Gasteiger partial charge in [-0.05, 0) is 44.9 Å². The normalized spacial score (nSPS) is 13.0. The minimum Gasteiger partial charge on any atom is -0.480 e. The number of carboxylic acids is 1. The van der Waals surface area contributed by atoms with Crippen molar-refractivity contribution in [3.05, 3.63) is 24.3 Å². The highest BCUT2D eigenvalue weighted by molar-refractivity contribution is 5.91. The molecule has 36 heavy (non-hydrogen) atoms. The number of amides is 2. The van der Waals surface area contributed by atoms with Crippen LogP contribution in [0.1, 0.15) is 44.2 Å². The number of nitrogens with zero attached hydrogens (tertiary/aromatic N) is 4. The van der Waals surface area contributed by atoms with Crippen LogP contribution in [0.2, 0.25) is 0 Å². The Kier molecular flexibility index (Phi) is 13.8. The van der Waals surface area contributed by atoms with Gasteiger partial charge in [-0.25, -0.2) is 4.79 Å². The molecule has 1 heterocycles. The Balaban J connectivity index is 2.79. The Morgan fingerprint density at radius 2 is 1.44 bits per heavy atom. The van der Waals surface area contributed by atoms with Crippen molar-refractivity contribution in [2.75, 3.05) is 13.1 Å². The molecule has 15 nitrogen and oxygen atoms in total. The summed E-state index contributed by atoms with van der Waals surface area (Å²) in [6.07, 6.45) is 7.13. The second-order valence-electron chi connectivity index (χ2n) is 8.05. The lowest BCUT2D eigenvalue weighted by Gasteiger charge is -2.23. The van der Waals surface area contributed by atoms with E-state index in [1.807, 2.05) is 0 Å². The van der Waals surface area contributed by atoms with Gasteiger partial charge < -0.3 is 44.4 Å². The maximum atomic E-state index is 13.0. The average molecular weight is 508 g/mol. The molecule has 13 N–H and O–H groups in total. The van der Waals surface area contributed by atoms with E-state index in [4.69, 9.17) is 28.7 Å². The third-order valence-corrected chi connectivity index (χ3v) is 5.04. The molecule has 0 spiro atoms. The minimum atomic E-state index is -1.21. The Hall–Kier alpha value is -4.01. The Morgan fingerprint density at radius 1 is 0.861 bits per heavy atom. The van der Waals surface area contributed by atoms with Gasteiger partial charge >= 0.3 is 5.97 Å². The van der Waals surface area contributed by atoms with Crippen LogP contribution < -0.4 is 39.3 Å². The molecule has 3 atom stereocenters. The maximum Gasteiger partial charge on any atom is 0.326 e. The zero-order valence-corrected chi connectivity index (χ0v) is 20.2. The highest BCUT2D eigenvalue weighted by atomic mass is 16.4. The van der Waals surface area contributed by atoms with Gasteiger partial charge in [0.25, 0.3) is 0 Å². The number of carbonyl (C=O) groups is 3. The van der Waals surface area contributed by atoms with E-state index >= 15 is 0 Å². The third-order valence-electron chi connectivity index (χ3n) is 5.04. The number of nitrogens with one attached hydrogen (secondary N) is 2. The van der Waals surface area contributed by atoms with Crippen molar-refractivity contribution in [3.63, 3.8) is 0 Å². The zero-order chi connectivity index (χ0) is 26.9. The van der Waals surface area contributed by atoms with Crippen molar-refractivity contribution < 1.29 is 19.5 Å². The molecule has 0 saturated carbocycles. The Bertz CT molecular complexity index is 887. The van der Waals surface area contributed by atoms with E-state index < -0.39 is 35.9 Å². The van der Waals surface area contributed by atoms with Crippen molar-refractivity contribution in [1.29, 1.82) is 0 Å². The molecule has 2 amide bonds. The summed E-state index contributed by atoms with van der Waals surface area (Å²) in [5.41, 5.74) is 27.8. The first-order chi connectivity index (χ1) is 17.1. The Labute approximate surface area is 209 Å². The van der Waals surface area contributed by atoms with E-state index in [1.165, 1.54) is 0 Å². The Morgan fingerprint density at radius 3 is 2.00 bits per heavy atom. The van der Waals surface area contributed by atoms with Gasteiger partial charge in [0.1, 0.15) is 12.1 Å². The number of rotatable bonds is 17. The predicted octanol–water partition coefficient (Wildman–Crippen LogP) is -2.71. The van der Waals surface area contributed by atoms with Gasteiger partial charge in [-0.15, -0.1) is 0 Å². The number of hydrogen-bond donors (Lipinski definition) is 8. The summed E-state index contributed by atoms with van der Waals surface area (Å²) in [4.78, 5) is 53.1. The van der Waals surface area contributed by atoms with Crippen LogP contribution in [0.5, 0.6) is 0 Å². The van der Waals surface area contributed by atoms with Crippen LogP contribution in [0.15, 0.2) is 28.6 Å². The quantitative estimate of drug-likeness (QED) is 0.0609. The molecule has 0 aliphatic rings. The fourth-order valence-electron chi connectivity index (χ4n) is 3.18. The van der Waals surface area contributed by atoms with Crippen molar-refractivity contribution in [2.24, 2.45) is 38.7 Å². The molecule has 0 aliphatic carbocycles. The number of carboxylic acid groups (broad SMARTS) is 1. The van der Waals surface area contributed by atoms with Gasteiger partial charge in [-0.2, -0.15) is 0 Å². The number of aromatic nitrogens is 2. The van der Waals surface area contributed by atoms with Crippen LogP contribution >= 0.6 is 0 Å². The maximum absolute atomic E-state index is 13.0. The van der Waals surface area contributed by atoms with E-state index in [1.54, 1.807) is 18.6 Å². The zero-order valence-electron chi connectivity index (χ0n) is 20.2. The van der Waals surface area contributed by atoms with E-state index in [-0.39, 0.29) is 31.3 Å². The number of aliphatic carboxylic acids is 1. The van der Waals surface area contributed by atoms with Gasteiger partial charge in [0.05, 0.1) is 11.7 Å². The first-order valence-corrected chi connectivity index (χ1v) is 11.5. The first-order valence-electron chi connectivity index (χ1n) is 11.5. The van der Waals surface area contributed by atoms with E-state index in [0.717, 1.165) is 5.69 Å². The van der Waals surface area contributed by atoms with Crippen LogP contribution in [0, 0.1) is 0 Å². The van der Waals surface area contributed by atoms with Crippen LogP contribution in [0.25, 0.3) is 0 Å². The second-order valence-corrected chi connectivity index (χ2v) is 8.05. The van der Waals surface area contributed by atoms with E-state index in [0.29, 0.717) is 38.6 Å². The highest BCUT2D eigenvalue weighted by Gasteiger charge is 2.27. The van der Waals surface area contributed by atoms with E-state index in [9.17, 15) is 19.5 Å². The summed E-state index contributed by atoms with van der Waals surface area (Å²) in [5, 5.41) is 14.6. The summed E-state index contributed by atoms with van der Waals surface area (Å²) in [6.45, 7) is 0.528. The third kappa shape index (κ3) is 13.0. The molecule has 1 aromatic heterocycles. The lowest BCUT2D eigenvalue weighted by atomic mass is 10.0. The summed E-state index contributed by atoms with van der Waals surface area (Å²) in [5.74, 6) is -2.55. The van der Waals surface area contributed by atoms with Crippen molar-refractivity contribution >= 4 is 29.7 Å². The standard InChI is InChI=1S/C21H37N11O4/c22-14(5-2-8-29-20(23)24)17(33)31-15(6-1-4-13-12-27-10-11-28-13)18(34)32-16(19(35)36)7-3-9-30-21(25)26/h10-12,14-16H,1-9,22H2,(H,31,33)(H,32,34)(H,35,36)(H4,23,24,29)(H4,25,26,30)/t14-,15-,16-/m1/s1. The van der Waals surface area contributed by atoms with Crippen LogP contribution in [-0.4, -0.2) is 76.0 Å². The van der Waals surface area contributed by atoms with Crippen LogP contribution in [0.4, 0.5) is 0 Å². The van der Waals surface area contributed by atoms with Gasteiger partial charge in [-0.1, -0.05) is 0 Å². The molecule has 15 heteroatoms. The summed E-state index contributed by atoms with van der Waals surface area (Å²) in [6, 6.07) is -3.08. The molecule has 0 bridgehead atoms. The fourth-order valence-corrected chi connectivity index (χ4v) is 3.18. The predicted molar refractivity (Wildman–Crippen MR) is 134 cm³/mol. The lowest BCUT2D eigenvalue weighted by Crippen LogP contribution is -2.54. The van der Waals surface area contributed by atoms with Crippen molar-refractivity contribution in [3.8, 4) is 0 Å². The number of hydrogen-bond acceptors (Lipinski definition) is 8.